The van der Waals surface area contributed by atoms with E-state index < -0.39 is 5.97 Å². The van der Waals surface area contributed by atoms with E-state index in [4.69, 9.17) is 16.7 Å². The Bertz CT molecular complexity index is 517. The number of nitrogens with one attached hydrogen (secondary N) is 1. The summed E-state index contributed by atoms with van der Waals surface area (Å²) in [5.74, 6) is -0.238. The summed E-state index contributed by atoms with van der Waals surface area (Å²) in [6.45, 7) is 5.59. The third kappa shape index (κ3) is 3.55. The van der Waals surface area contributed by atoms with Crippen molar-refractivity contribution in [2.75, 3.05) is 0 Å². The summed E-state index contributed by atoms with van der Waals surface area (Å²) in [5, 5.41) is 10.4. The number of allylic oxidation sites excluding steroid dienone is 2. The molecule has 0 aliphatic rings. The largest absolute Gasteiger partial charge is 0.481 e. The van der Waals surface area contributed by atoms with E-state index in [9.17, 15) is 4.79 Å². The number of halogens is 1. The molecule has 16 heavy (non-hydrogen) atoms. The van der Waals surface area contributed by atoms with Crippen molar-refractivity contribution in [2.45, 2.75) is 19.8 Å². The van der Waals surface area contributed by atoms with Crippen LogP contribution in [0, 0.1) is 0 Å². The van der Waals surface area contributed by atoms with Gasteiger partial charge in [0.25, 0.3) is 0 Å². The van der Waals surface area contributed by atoms with Gasteiger partial charge in [-0.15, -0.1) is 0 Å². The molecule has 0 aliphatic heterocycles. The molecule has 4 nitrogen and oxygen atoms in total. The smallest absolute Gasteiger partial charge is 0.303 e. The van der Waals surface area contributed by atoms with E-state index in [1.807, 2.05) is 6.92 Å². The molecule has 1 aromatic heterocycles. The number of H-pyrrole nitrogens is 1. The zero-order valence-corrected chi connectivity index (χ0v) is 9.71. The molecule has 0 aliphatic carbocycles. The van der Waals surface area contributed by atoms with Crippen LogP contribution in [-0.4, -0.2) is 21.0 Å². The maximum absolute atomic E-state index is 10.4. The van der Waals surface area contributed by atoms with Gasteiger partial charge in [0.1, 0.15) is 5.82 Å². The predicted octanol–water partition coefficient (Wildman–Crippen LogP) is 0.760. The van der Waals surface area contributed by atoms with Gasteiger partial charge in [-0.25, -0.2) is 4.98 Å². The van der Waals surface area contributed by atoms with E-state index >= 15 is 0 Å². The van der Waals surface area contributed by atoms with E-state index in [0.29, 0.717) is 28.0 Å². The normalized spacial score (nSPS) is 13.1. The number of hydrogen-bond donors (Lipinski definition) is 2. The molecule has 0 unspecified atom stereocenters. The van der Waals surface area contributed by atoms with Crippen LogP contribution in [0.1, 0.15) is 19.2 Å². The maximum atomic E-state index is 10.4. The van der Waals surface area contributed by atoms with E-state index in [1.165, 1.54) is 0 Å². The van der Waals surface area contributed by atoms with Gasteiger partial charge in [-0.3, -0.25) is 4.79 Å². The highest BCUT2D eigenvalue weighted by Gasteiger charge is 2.02. The minimum absolute atomic E-state index is 0.0454. The van der Waals surface area contributed by atoms with Crippen LogP contribution >= 0.6 is 11.6 Å². The summed E-state index contributed by atoms with van der Waals surface area (Å²) in [5.41, 5.74) is 0. The van der Waals surface area contributed by atoms with Crippen molar-refractivity contribution in [3.05, 3.63) is 27.6 Å². The van der Waals surface area contributed by atoms with Gasteiger partial charge in [0, 0.05) is 11.5 Å². The Morgan fingerprint density at radius 3 is 2.94 bits per heavy atom. The first-order chi connectivity index (χ1) is 7.52. The first-order valence-corrected chi connectivity index (χ1v) is 5.20. The van der Waals surface area contributed by atoms with Crippen LogP contribution in [0.3, 0.4) is 0 Å². The van der Waals surface area contributed by atoms with Gasteiger partial charge in [-0.1, -0.05) is 24.3 Å². The Balaban J connectivity index is 2.95. The summed E-state index contributed by atoms with van der Waals surface area (Å²) < 4.78 is 0. The Morgan fingerprint density at radius 1 is 1.69 bits per heavy atom. The van der Waals surface area contributed by atoms with Gasteiger partial charge in [0.05, 0.1) is 17.1 Å². The van der Waals surface area contributed by atoms with E-state index in [2.05, 4.69) is 16.5 Å². The number of carbonyl (C=O) groups is 1. The highest BCUT2D eigenvalue weighted by Crippen LogP contribution is 2.00. The summed E-state index contributed by atoms with van der Waals surface area (Å²) in [6.07, 6.45) is 3.83. The van der Waals surface area contributed by atoms with Gasteiger partial charge >= 0.3 is 5.97 Å². The minimum Gasteiger partial charge on any atom is -0.481 e. The van der Waals surface area contributed by atoms with E-state index in [1.54, 1.807) is 12.2 Å². The number of aromatic amines is 1. The van der Waals surface area contributed by atoms with Crippen LogP contribution in [-0.2, 0) is 11.2 Å². The number of carboxylic acid groups (broad SMARTS) is 1. The molecule has 1 rings (SSSR count). The second-order valence-corrected chi connectivity index (χ2v) is 3.70. The third-order valence-corrected chi connectivity index (χ3v) is 2.31. The van der Waals surface area contributed by atoms with Crippen LogP contribution in [0.25, 0.3) is 12.7 Å². The SMILES string of the molecule is C=c1[nH]c(CCC(=O)O)n/c1=C/C(Cl)=CC. The highest BCUT2D eigenvalue weighted by molar-refractivity contribution is 6.33. The lowest BCUT2D eigenvalue weighted by molar-refractivity contribution is -0.137. The monoisotopic (exact) mass is 240 g/mol. The van der Waals surface area contributed by atoms with Crippen molar-refractivity contribution in [3.8, 4) is 0 Å². The second kappa shape index (κ2) is 5.51. The van der Waals surface area contributed by atoms with Crippen molar-refractivity contribution in [3.63, 3.8) is 0 Å². The molecule has 0 aromatic carbocycles. The average Bonchev–Trinajstić information content (AvgIpc) is 2.56. The van der Waals surface area contributed by atoms with E-state index in [-0.39, 0.29) is 6.42 Å². The third-order valence-electron chi connectivity index (χ3n) is 1.99. The predicted molar refractivity (Wildman–Crippen MR) is 63.4 cm³/mol. The molecule has 1 heterocycles. The summed E-state index contributed by atoms with van der Waals surface area (Å²) in [7, 11) is 0. The molecular weight excluding hydrogens is 228 g/mol. The minimum atomic E-state index is -0.848. The number of nitrogens with zero attached hydrogens (tertiary/aromatic N) is 1. The average molecular weight is 241 g/mol. The molecular formula is C11H13ClN2O2. The van der Waals surface area contributed by atoms with Crippen LogP contribution in [0.4, 0.5) is 0 Å². The van der Waals surface area contributed by atoms with Crippen molar-refractivity contribution in [2.24, 2.45) is 0 Å². The van der Waals surface area contributed by atoms with Gasteiger partial charge in [0.15, 0.2) is 0 Å². The van der Waals surface area contributed by atoms with Crippen LogP contribution < -0.4 is 10.7 Å². The number of rotatable bonds is 4. The standard InChI is InChI=1S/C11H13ClN2O2/c1-3-8(12)6-9-7(2)13-10(14-9)4-5-11(15)16/h3,6H,2,4-5H2,1H3,(H,13,14)(H,15,16)/b8-3?,9-6+. The molecule has 1 aromatic rings. The number of hydrogen-bond acceptors (Lipinski definition) is 2. The van der Waals surface area contributed by atoms with Gasteiger partial charge in [-0.2, -0.15) is 0 Å². The molecule has 2 N–H and O–H groups in total. The first-order valence-electron chi connectivity index (χ1n) is 4.82. The van der Waals surface area contributed by atoms with Crippen LogP contribution in [0.2, 0.25) is 0 Å². The molecule has 0 spiro atoms. The van der Waals surface area contributed by atoms with Gasteiger partial charge < -0.3 is 10.1 Å². The molecule has 86 valence electrons. The molecule has 0 radical (unpaired) electrons. The molecule has 0 atom stereocenters. The fraction of sp³-hybridized carbons (Fsp3) is 0.273. The first kappa shape index (κ1) is 12.5. The van der Waals surface area contributed by atoms with Crippen molar-refractivity contribution < 1.29 is 9.90 Å². The quantitative estimate of drug-likeness (QED) is 0.817. The number of aromatic nitrogens is 2. The summed E-state index contributed by atoms with van der Waals surface area (Å²) in [4.78, 5) is 17.5. The van der Waals surface area contributed by atoms with Crippen molar-refractivity contribution in [1.82, 2.24) is 9.97 Å². The maximum Gasteiger partial charge on any atom is 0.303 e. The molecule has 5 heteroatoms. The van der Waals surface area contributed by atoms with Crippen molar-refractivity contribution in [1.29, 1.82) is 0 Å². The highest BCUT2D eigenvalue weighted by atomic mass is 35.5. The Hall–Kier alpha value is -1.55. The topological polar surface area (TPSA) is 66.0 Å². The Kier molecular flexibility index (Phi) is 4.31. The zero-order valence-electron chi connectivity index (χ0n) is 8.96. The second-order valence-electron chi connectivity index (χ2n) is 3.26. The Labute approximate surface area is 98.0 Å². The van der Waals surface area contributed by atoms with Gasteiger partial charge in [0.2, 0.25) is 0 Å². The number of imidazole rings is 1. The van der Waals surface area contributed by atoms with Gasteiger partial charge in [-0.05, 0) is 13.0 Å². The lowest BCUT2D eigenvalue weighted by Gasteiger charge is -1.89. The van der Waals surface area contributed by atoms with Crippen LogP contribution in [0.15, 0.2) is 11.1 Å². The summed E-state index contributed by atoms with van der Waals surface area (Å²) >= 11 is 5.84. The lowest BCUT2D eigenvalue weighted by atomic mass is 10.3. The Morgan fingerprint density at radius 2 is 2.38 bits per heavy atom. The fourth-order valence-corrected chi connectivity index (χ4v) is 1.26. The van der Waals surface area contributed by atoms with Crippen molar-refractivity contribution >= 4 is 30.2 Å². The molecule has 0 saturated heterocycles. The molecule has 0 fully saturated rings. The zero-order chi connectivity index (χ0) is 12.1. The fourth-order valence-electron chi connectivity index (χ4n) is 1.16. The molecule has 0 saturated carbocycles. The lowest BCUT2D eigenvalue weighted by Crippen LogP contribution is -2.22. The van der Waals surface area contributed by atoms with E-state index in [0.717, 1.165) is 0 Å². The molecule has 0 amide bonds. The number of aliphatic carboxylic acids is 1. The number of carboxylic acids is 1. The molecule has 0 bridgehead atoms. The van der Waals surface area contributed by atoms with Crippen LogP contribution in [0.5, 0.6) is 0 Å². The summed E-state index contributed by atoms with van der Waals surface area (Å²) in [6, 6.07) is 0. The number of aryl methyl sites for hydroxylation is 1.